The highest BCUT2D eigenvalue weighted by Crippen LogP contribution is 2.19. The molecule has 5 nitrogen and oxygen atoms in total. The van der Waals surface area contributed by atoms with Gasteiger partial charge in [-0.3, -0.25) is 4.79 Å². The number of nitrogens with one attached hydrogen (secondary N) is 1. The molecule has 23 heavy (non-hydrogen) atoms. The van der Waals surface area contributed by atoms with Gasteiger partial charge >= 0.3 is 6.03 Å². The topological polar surface area (TPSA) is 75.4 Å². The number of hydrogen-bond acceptors (Lipinski definition) is 2. The van der Waals surface area contributed by atoms with Crippen LogP contribution in [0.5, 0.6) is 0 Å². The van der Waals surface area contributed by atoms with Gasteiger partial charge in [-0.25, -0.2) is 9.18 Å². The van der Waals surface area contributed by atoms with E-state index in [0.717, 1.165) is 18.4 Å². The molecular formula is C17H24FN3O2. The first-order valence-electron chi connectivity index (χ1n) is 7.88. The zero-order chi connectivity index (χ0) is 17.0. The van der Waals surface area contributed by atoms with Gasteiger partial charge in [-0.2, -0.15) is 0 Å². The molecule has 2 rings (SSSR count). The summed E-state index contributed by atoms with van der Waals surface area (Å²) in [6.07, 6.45) is 2.13. The summed E-state index contributed by atoms with van der Waals surface area (Å²) in [5, 5.41) is 3.04. The molecule has 1 fully saturated rings. The summed E-state index contributed by atoms with van der Waals surface area (Å²) in [5.74, 6) is -0.573. The van der Waals surface area contributed by atoms with Crippen LogP contribution >= 0.6 is 0 Å². The first-order chi connectivity index (χ1) is 10.8. The Morgan fingerprint density at radius 1 is 1.35 bits per heavy atom. The molecule has 0 radical (unpaired) electrons. The van der Waals surface area contributed by atoms with E-state index in [4.69, 9.17) is 5.73 Å². The van der Waals surface area contributed by atoms with Crippen LogP contribution in [0, 0.1) is 11.7 Å². The number of hydrogen-bond donors (Lipinski definition) is 2. The van der Waals surface area contributed by atoms with E-state index in [1.54, 1.807) is 12.1 Å². The van der Waals surface area contributed by atoms with E-state index in [9.17, 15) is 14.0 Å². The monoisotopic (exact) mass is 321 g/mol. The molecule has 1 saturated heterocycles. The maximum Gasteiger partial charge on any atom is 0.314 e. The van der Waals surface area contributed by atoms with E-state index in [1.165, 1.54) is 17.0 Å². The minimum Gasteiger partial charge on any atom is -0.351 e. The number of rotatable bonds is 4. The van der Waals surface area contributed by atoms with Gasteiger partial charge in [-0.1, -0.05) is 12.1 Å². The molecule has 0 unspecified atom stereocenters. The molecule has 1 heterocycles. The van der Waals surface area contributed by atoms with E-state index in [-0.39, 0.29) is 17.6 Å². The summed E-state index contributed by atoms with van der Waals surface area (Å²) in [4.78, 5) is 25.3. The summed E-state index contributed by atoms with van der Waals surface area (Å²) in [5.41, 5.74) is 5.80. The van der Waals surface area contributed by atoms with Gasteiger partial charge in [0.05, 0.1) is 5.92 Å². The van der Waals surface area contributed by atoms with Crippen LogP contribution in [0.25, 0.3) is 0 Å². The van der Waals surface area contributed by atoms with E-state index in [1.807, 2.05) is 13.8 Å². The van der Waals surface area contributed by atoms with Crippen LogP contribution in [0.1, 0.15) is 32.3 Å². The minimum absolute atomic E-state index is 0.0666. The standard InChI is InChI=1S/C17H24FN3O2/c1-17(2,10-12-5-7-14(18)8-6-12)20-15(22)13-4-3-9-21(11-13)16(19)23/h5-8,13H,3-4,9-11H2,1-2H3,(H2,19,23)(H,20,22)/t13-/m0/s1. The molecule has 1 aliphatic rings. The van der Waals surface area contributed by atoms with E-state index in [2.05, 4.69) is 5.32 Å². The smallest absolute Gasteiger partial charge is 0.314 e. The van der Waals surface area contributed by atoms with Gasteiger partial charge in [0.2, 0.25) is 5.91 Å². The number of halogens is 1. The molecule has 1 atom stereocenters. The van der Waals surface area contributed by atoms with Crippen molar-refractivity contribution in [1.82, 2.24) is 10.2 Å². The molecule has 0 aromatic heterocycles. The Balaban J connectivity index is 1.94. The van der Waals surface area contributed by atoms with Crippen molar-refractivity contribution in [1.29, 1.82) is 0 Å². The predicted molar refractivity (Wildman–Crippen MR) is 86.2 cm³/mol. The zero-order valence-electron chi connectivity index (χ0n) is 13.6. The number of amides is 3. The Kier molecular flexibility index (Phi) is 5.23. The molecule has 6 heteroatoms. The average Bonchev–Trinajstić information content (AvgIpc) is 2.49. The fourth-order valence-electron chi connectivity index (χ4n) is 2.98. The summed E-state index contributed by atoms with van der Waals surface area (Å²) in [7, 11) is 0. The highest BCUT2D eigenvalue weighted by molar-refractivity contribution is 5.81. The van der Waals surface area contributed by atoms with Crippen molar-refractivity contribution in [3.8, 4) is 0 Å². The van der Waals surface area contributed by atoms with Gasteiger partial charge in [0.15, 0.2) is 0 Å². The lowest BCUT2D eigenvalue weighted by Gasteiger charge is -2.34. The zero-order valence-corrected chi connectivity index (χ0v) is 13.6. The third kappa shape index (κ3) is 4.94. The molecule has 3 N–H and O–H groups in total. The molecule has 1 aliphatic heterocycles. The number of likely N-dealkylation sites (tertiary alicyclic amines) is 1. The third-order valence-electron chi connectivity index (χ3n) is 4.12. The second kappa shape index (κ2) is 6.98. The van der Waals surface area contributed by atoms with Crippen LogP contribution in [-0.2, 0) is 11.2 Å². The van der Waals surface area contributed by atoms with Crippen LogP contribution in [-0.4, -0.2) is 35.5 Å². The molecule has 126 valence electrons. The summed E-state index contributed by atoms with van der Waals surface area (Å²) < 4.78 is 13.0. The first-order valence-corrected chi connectivity index (χ1v) is 7.88. The largest absolute Gasteiger partial charge is 0.351 e. The van der Waals surface area contributed by atoms with E-state index < -0.39 is 11.6 Å². The Morgan fingerprint density at radius 3 is 2.61 bits per heavy atom. The predicted octanol–water partition coefficient (Wildman–Crippen LogP) is 2.05. The van der Waals surface area contributed by atoms with Crippen molar-refractivity contribution in [3.05, 3.63) is 35.6 Å². The number of carbonyl (C=O) groups excluding carboxylic acids is 2. The Morgan fingerprint density at radius 2 is 2.00 bits per heavy atom. The molecule has 1 aromatic carbocycles. The normalized spacial score (nSPS) is 18.6. The number of benzene rings is 1. The van der Waals surface area contributed by atoms with E-state index >= 15 is 0 Å². The van der Waals surface area contributed by atoms with Crippen molar-refractivity contribution in [2.75, 3.05) is 13.1 Å². The Labute approximate surface area is 136 Å². The van der Waals surface area contributed by atoms with Crippen LogP contribution in [0.2, 0.25) is 0 Å². The molecule has 0 aliphatic carbocycles. The maximum atomic E-state index is 13.0. The van der Waals surface area contributed by atoms with Gasteiger partial charge in [0, 0.05) is 18.6 Å². The van der Waals surface area contributed by atoms with Crippen LogP contribution in [0.4, 0.5) is 9.18 Å². The van der Waals surface area contributed by atoms with Crippen LogP contribution in [0.15, 0.2) is 24.3 Å². The number of nitrogens with two attached hydrogens (primary N) is 1. The van der Waals surface area contributed by atoms with Gasteiger partial charge < -0.3 is 16.0 Å². The van der Waals surface area contributed by atoms with Gasteiger partial charge in [-0.05, 0) is 50.8 Å². The summed E-state index contributed by atoms with van der Waals surface area (Å²) in [6.45, 7) is 4.84. The van der Waals surface area contributed by atoms with E-state index in [0.29, 0.717) is 19.5 Å². The molecular weight excluding hydrogens is 297 g/mol. The Bertz CT molecular complexity index is 572. The fourth-order valence-corrected chi connectivity index (χ4v) is 2.98. The lowest BCUT2D eigenvalue weighted by molar-refractivity contribution is -0.127. The summed E-state index contributed by atoms with van der Waals surface area (Å²) in [6, 6.07) is 5.79. The van der Waals surface area contributed by atoms with Crippen molar-refractivity contribution in [2.45, 2.75) is 38.6 Å². The number of nitrogens with zero attached hydrogens (tertiary/aromatic N) is 1. The number of carbonyl (C=O) groups is 2. The highest BCUT2D eigenvalue weighted by Gasteiger charge is 2.30. The number of piperidine rings is 1. The van der Waals surface area contributed by atoms with Gasteiger partial charge in [0.1, 0.15) is 5.82 Å². The quantitative estimate of drug-likeness (QED) is 0.890. The maximum absolute atomic E-state index is 13.0. The third-order valence-corrected chi connectivity index (χ3v) is 4.12. The van der Waals surface area contributed by atoms with Crippen molar-refractivity contribution in [3.63, 3.8) is 0 Å². The number of primary amides is 1. The molecule has 0 spiro atoms. The molecule has 1 aromatic rings. The second-order valence-electron chi connectivity index (χ2n) is 6.80. The van der Waals surface area contributed by atoms with Crippen LogP contribution < -0.4 is 11.1 Å². The van der Waals surface area contributed by atoms with Gasteiger partial charge in [-0.15, -0.1) is 0 Å². The number of urea groups is 1. The molecule has 3 amide bonds. The lowest BCUT2D eigenvalue weighted by Crippen LogP contribution is -2.52. The van der Waals surface area contributed by atoms with Crippen molar-refractivity contribution in [2.24, 2.45) is 11.7 Å². The lowest BCUT2D eigenvalue weighted by atomic mass is 9.92. The van der Waals surface area contributed by atoms with Gasteiger partial charge in [0.25, 0.3) is 0 Å². The fraction of sp³-hybridized carbons (Fsp3) is 0.529. The molecule has 0 saturated carbocycles. The van der Waals surface area contributed by atoms with Crippen LogP contribution in [0.3, 0.4) is 0 Å². The molecule has 0 bridgehead atoms. The first kappa shape index (κ1) is 17.2. The van der Waals surface area contributed by atoms with Crippen molar-refractivity contribution < 1.29 is 14.0 Å². The highest BCUT2D eigenvalue weighted by atomic mass is 19.1. The Hall–Kier alpha value is -2.11. The average molecular weight is 321 g/mol. The SMILES string of the molecule is CC(C)(Cc1ccc(F)cc1)NC(=O)[C@H]1CCCN(C(N)=O)C1. The second-order valence-corrected chi connectivity index (χ2v) is 6.80. The van der Waals surface area contributed by atoms with Crippen molar-refractivity contribution >= 4 is 11.9 Å². The minimum atomic E-state index is -0.479. The summed E-state index contributed by atoms with van der Waals surface area (Å²) >= 11 is 0.